The van der Waals surface area contributed by atoms with E-state index >= 15 is 0 Å². The summed E-state index contributed by atoms with van der Waals surface area (Å²) in [5, 5.41) is 11.3. The second-order valence-electron chi connectivity index (χ2n) is 5.10. The molecule has 0 heterocycles. The van der Waals surface area contributed by atoms with Gasteiger partial charge in [-0.15, -0.1) is 0 Å². The fourth-order valence-corrected chi connectivity index (χ4v) is 1.14. The molecule has 0 bridgehead atoms. The van der Waals surface area contributed by atoms with Crippen molar-refractivity contribution in [3.63, 3.8) is 0 Å². The van der Waals surface area contributed by atoms with Crippen molar-refractivity contribution in [3.8, 4) is 0 Å². The maximum Gasteiger partial charge on any atom is 0.317 e. The summed E-state index contributed by atoms with van der Waals surface area (Å²) in [6, 6.07) is -0.142. The standard InChI is InChI=1S/C12H24N2O3/c1-5-12(2,3)9-13-11(17)14(4)8-6-7-10(15)16/h5-9H2,1-4H3,(H,13,17)(H,15,16). The van der Waals surface area contributed by atoms with Crippen molar-refractivity contribution in [2.24, 2.45) is 5.41 Å². The highest BCUT2D eigenvalue weighted by molar-refractivity contribution is 5.74. The third-order valence-electron chi connectivity index (χ3n) is 2.91. The molecular formula is C12H24N2O3. The molecule has 0 spiro atoms. The van der Waals surface area contributed by atoms with E-state index in [1.54, 1.807) is 7.05 Å². The maximum atomic E-state index is 11.6. The van der Waals surface area contributed by atoms with Crippen LogP contribution in [0.25, 0.3) is 0 Å². The molecule has 2 amide bonds. The number of urea groups is 1. The molecule has 0 rings (SSSR count). The fraction of sp³-hybridized carbons (Fsp3) is 0.833. The van der Waals surface area contributed by atoms with Crippen LogP contribution in [0.4, 0.5) is 4.79 Å². The topological polar surface area (TPSA) is 69.6 Å². The molecule has 0 aliphatic heterocycles. The number of carboxylic acids is 1. The first kappa shape index (κ1) is 15.7. The maximum absolute atomic E-state index is 11.6. The molecule has 5 heteroatoms. The predicted molar refractivity (Wildman–Crippen MR) is 67.0 cm³/mol. The quantitative estimate of drug-likeness (QED) is 0.719. The van der Waals surface area contributed by atoms with Crippen LogP contribution in [0.2, 0.25) is 0 Å². The van der Waals surface area contributed by atoms with Gasteiger partial charge < -0.3 is 15.3 Å². The highest BCUT2D eigenvalue weighted by atomic mass is 16.4. The van der Waals surface area contributed by atoms with Crippen LogP contribution in [-0.2, 0) is 4.79 Å². The Balaban J connectivity index is 3.86. The van der Waals surface area contributed by atoms with E-state index in [4.69, 9.17) is 5.11 Å². The van der Waals surface area contributed by atoms with E-state index in [0.29, 0.717) is 19.5 Å². The van der Waals surface area contributed by atoms with Gasteiger partial charge in [-0.1, -0.05) is 20.8 Å². The normalized spacial score (nSPS) is 11.1. The second kappa shape index (κ2) is 7.14. The van der Waals surface area contributed by atoms with Gasteiger partial charge in [-0.25, -0.2) is 4.79 Å². The lowest BCUT2D eigenvalue weighted by Crippen LogP contribution is -2.42. The summed E-state index contributed by atoms with van der Waals surface area (Å²) in [4.78, 5) is 23.5. The van der Waals surface area contributed by atoms with E-state index in [1.807, 2.05) is 0 Å². The molecule has 0 aromatic heterocycles. The molecule has 0 saturated carbocycles. The summed E-state index contributed by atoms with van der Waals surface area (Å²) >= 11 is 0. The highest BCUT2D eigenvalue weighted by Crippen LogP contribution is 2.17. The molecule has 0 saturated heterocycles. The minimum absolute atomic E-state index is 0.0948. The predicted octanol–water partition coefficient (Wildman–Crippen LogP) is 1.93. The first-order valence-corrected chi connectivity index (χ1v) is 5.99. The van der Waals surface area contributed by atoms with Crippen molar-refractivity contribution >= 4 is 12.0 Å². The zero-order valence-corrected chi connectivity index (χ0v) is 11.2. The number of aliphatic carboxylic acids is 1. The first-order valence-electron chi connectivity index (χ1n) is 5.99. The molecule has 0 aliphatic carbocycles. The molecule has 17 heavy (non-hydrogen) atoms. The molecule has 0 radical (unpaired) electrons. The van der Waals surface area contributed by atoms with Gasteiger partial charge in [0.25, 0.3) is 0 Å². The number of hydrogen-bond acceptors (Lipinski definition) is 2. The van der Waals surface area contributed by atoms with Gasteiger partial charge >= 0.3 is 12.0 Å². The Bertz CT molecular complexity index is 264. The Labute approximate surface area is 103 Å². The van der Waals surface area contributed by atoms with Crippen molar-refractivity contribution in [1.82, 2.24) is 10.2 Å². The smallest absolute Gasteiger partial charge is 0.317 e. The van der Waals surface area contributed by atoms with Crippen LogP contribution < -0.4 is 5.32 Å². The average molecular weight is 244 g/mol. The van der Waals surface area contributed by atoms with Crippen LogP contribution in [0, 0.1) is 5.41 Å². The average Bonchev–Trinajstić information content (AvgIpc) is 2.25. The Morgan fingerprint density at radius 2 is 1.94 bits per heavy atom. The molecule has 0 aliphatic rings. The lowest BCUT2D eigenvalue weighted by molar-refractivity contribution is -0.137. The molecule has 0 aromatic carbocycles. The molecule has 0 unspecified atom stereocenters. The summed E-state index contributed by atoms with van der Waals surface area (Å²) in [5.74, 6) is -0.828. The second-order valence-corrected chi connectivity index (χ2v) is 5.10. The van der Waals surface area contributed by atoms with Crippen molar-refractivity contribution in [2.75, 3.05) is 20.1 Å². The lowest BCUT2D eigenvalue weighted by Gasteiger charge is -2.25. The number of hydrogen-bond donors (Lipinski definition) is 2. The van der Waals surface area contributed by atoms with Gasteiger partial charge in [0.05, 0.1) is 0 Å². The molecule has 5 nitrogen and oxygen atoms in total. The monoisotopic (exact) mass is 244 g/mol. The van der Waals surface area contributed by atoms with Gasteiger partial charge in [0.2, 0.25) is 0 Å². The number of rotatable bonds is 7. The van der Waals surface area contributed by atoms with Crippen LogP contribution in [0.15, 0.2) is 0 Å². The van der Waals surface area contributed by atoms with E-state index in [9.17, 15) is 9.59 Å². The largest absolute Gasteiger partial charge is 0.481 e. The van der Waals surface area contributed by atoms with E-state index < -0.39 is 5.97 Å². The van der Waals surface area contributed by atoms with E-state index in [0.717, 1.165) is 6.42 Å². The summed E-state index contributed by atoms with van der Waals surface area (Å²) in [7, 11) is 1.68. The Morgan fingerprint density at radius 3 is 2.41 bits per heavy atom. The van der Waals surface area contributed by atoms with Crippen LogP contribution in [-0.4, -0.2) is 42.1 Å². The van der Waals surface area contributed by atoms with Crippen LogP contribution in [0.1, 0.15) is 40.0 Å². The zero-order chi connectivity index (χ0) is 13.5. The number of nitrogens with one attached hydrogen (secondary N) is 1. The third-order valence-corrected chi connectivity index (χ3v) is 2.91. The number of amides is 2. The van der Waals surface area contributed by atoms with E-state index in [2.05, 4.69) is 26.1 Å². The zero-order valence-electron chi connectivity index (χ0n) is 11.2. The fourth-order valence-electron chi connectivity index (χ4n) is 1.14. The van der Waals surface area contributed by atoms with Crippen molar-refractivity contribution < 1.29 is 14.7 Å². The van der Waals surface area contributed by atoms with E-state index in [-0.39, 0.29) is 17.9 Å². The Kier molecular flexibility index (Phi) is 6.61. The summed E-state index contributed by atoms with van der Waals surface area (Å²) in [6.07, 6.45) is 1.57. The van der Waals surface area contributed by atoms with E-state index in [1.165, 1.54) is 4.90 Å². The third kappa shape index (κ3) is 7.60. The van der Waals surface area contributed by atoms with Gasteiger partial charge in [0.1, 0.15) is 0 Å². The number of nitrogens with zero attached hydrogens (tertiary/aromatic N) is 1. The number of carboxylic acid groups (broad SMARTS) is 1. The number of carbonyl (C=O) groups is 2. The molecular weight excluding hydrogens is 220 g/mol. The molecule has 0 atom stereocenters. The summed E-state index contributed by atoms with van der Waals surface area (Å²) in [6.45, 7) is 7.37. The lowest BCUT2D eigenvalue weighted by atomic mass is 9.90. The molecule has 0 aromatic rings. The number of carbonyl (C=O) groups excluding carboxylic acids is 1. The summed E-state index contributed by atoms with van der Waals surface area (Å²) < 4.78 is 0. The van der Waals surface area contributed by atoms with Crippen molar-refractivity contribution in [3.05, 3.63) is 0 Å². The Morgan fingerprint density at radius 1 is 1.35 bits per heavy atom. The van der Waals surface area contributed by atoms with Gasteiger partial charge in [-0.05, 0) is 18.3 Å². The van der Waals surface area contributed by atoms with Gasteiger partial charge in [-0.3, -0.25) is 4.79 Å². The molecule has 2 N–H and O–H groups in total. The molecule has 0 fully saturated rings. The van der Waals surface area contributed by atoms with Crippen molar-refractivity contribution in [1.29, 1.82) is 0 Å². The minimum Gasteiger partial charge on any atom is -0.481 e. The SMILES string of the molecule is CCC(C)(C)CNC(=O)N(C)CCCC(=O)O. The van der Waals surface area contributed by atoms with Crippen LogP contribution in [0.3, 0.4) is 0 Å². The van der Waals surface area contributed by atoms with Crippen LogP contribution in [0.5, 0.6) is 0 Å². The van der Waals surface area contributed by atoms with Crippen LogP contribution >= 0.6 is 0 Å². The molecule has 100 valence electrons. The Hall–Kier alpha value is -1.26. The minimum atomic E-state index is -0.828. The summed E-state index contributed by atoms with van der Waals surface area (Å²) in [5.41, 5.74) is 0.0948. The van der Waals surface area contributed by atoms with Gasteiger partial charge in [0.15, 0.2) is 0 Å². The van der Waals surface area contributed by atoms with Gasteiger partial charge in [-0.2, -0.15) is 0 Å². The first-order chi connectivity index (χ1) is 7.78. The van der Waals surface area contributed by atoms with Gasteiger partial charge in [0, 0.05) is 26.6 Å². The highest BCUT2D eigenvalue weighted by Gasteiger charge is 2.17. The van der Waals surface area contributed by atoms with Crippen molar-refractivity contribution in [2.45, 2.75) is 40.0 Å².